The molecule has 22 heavy (non-hydrogen) atoms. The van der Waals surface area contributed by atoms with Crippen molar-refractivity contribution >= 4 is 0 Å². The van der Waals surface area contributed by atoms with Crippen LogP contribution in [0.5, 0.6) is 0 Å². The van der Waals surface area contributed by atoms with Gasteiger partial charge in [0.1, 0.15) is 5.76 Å². The minimum atomic E-state index is -1.14. The Morgan fingerprint density at radius 1 is 1.18 bits per heavy atom. The quantitative estimate of drug-likeness (QED) is 0.890. The maximum atomic E-state index is 11.6. The SMILES string of the molecule is NCCc1cnc(C(O)(c2ccccc2)C2CCCCC2)o1. The van der Waals surface area contributed by atoms with Crippen molar-refractivity contribution in [1.29, 1.82) is 0 Å². The summed E-state index contributed by atoms with van der Waals surface area (Å²) in [5.74, 6) is 1.30. The Kier molecular flexibility index (Phi) is 4.60. The van der Waals surface area contributed by atoms with Crippen LogP contribution in [0.1, 0.15) is 49.3 Å². The second kappa shape index (κ2) is 6.63. The summed E-state index contributed by atoms with van der Waals surface area (Å²) >= 11 is 0. The molecule has 4 heteroatoms. The van der Waals surface area contributed by atoms with Crippen molar-refractivity contribution in [2.45, 2.75) is 44.1 Å². The molecule has 1 saturated carbocycles. The van der Waals surface area contributed by atoms with Gasteiger partial charge in [-0.15, -0.1) is 0 Å². The van der Waals surface area contributed by atoms with Crippen LogP contribution in [0.25, 0.3) is 0 Å². The predicted molar refractivity (Wildman–Crippen MR) is 85.3 cm³/mol. The fraction of sp³-hybridized carbons (Fsp3) is 0.500. The number of hydrogen-bond donors (Lipinski definition) is 2. The minimum absolute atomic E-state index is 0.146. The molecule has 0 saturated heterocycles. The molecule has 1 fully saturated rings. The average Bonchev–Trinajstić information content (AvgIpc) is 3.05. The Morgan fingerprint density at radius 3 is 2.59 bits per heavy atom. The van der Waals surface area contributed by atoms with Crippen molar-refractivity contribution in [3.05, 3.63) is 53.7 Å². The molecular formula is C18H24N2O2. The second-order valence-electron chi connectivity index (χ2n) is 6.14. The number of hydrogen-bond acceptors (Lipinski definition) is 4. The van der Waals surface area contributed by atoms with E-state index in [-0.39, 0.29) is 5.92 Å². The monoisotopic (exact) mass is 300 g/mol. The zero-order chi connectivity index (χ0) is 15.4. The molecule has 3 N–H and O–H groups in total. The Hall–Kier alpha value is -1.65. The maximum absolute atomic E-state index is 11.6. The van der Waals surface area contributed by atoms with Crippen molar-refractivity contribution in [3.63, 3.8) is 0 Å². The zero-order valence-electron chi connectivity index (χ0n) is 12.9. The van der Waals surface area contributed by atoms with Crippen LogP contribution in [-0.4, -0.2) is 16.6 Å². The molecule has 2 aromatic rings. The summed E-state index contributed by atoms with van der Waals surface area (Å²) in [5.41, 5.74) is 5.30. The molecule has 3 rings (SSSR count). The third-order valence-electron chi connectivity index (χ3n) is 4.68. The van der Waals surface area contributed by atoms with E-state index in [9.17, 15) is 5.11 Å². The highest BCUT2D eigenvalue weighted by molar-refractivity contribution is 5.30. The maximum Gasteiger partial charge on any atom is 0.231 e. The molecule has 0 radical (unpaired) electrons. The number of aromatic nitrogens is 1. The Morgan fingerprint density at radius 2 is 1.91 bits per heavy atom. The lowest BCUT2D eigenvalue weighted by molar-refractivity contribution is -0.0238. The van der Waals surface area contributed by atoms with Crippen LogP contribution in [0, 0.1) is 5.92 Å². The normalized spacial score (nSPS) is 19.0. The van der Waals surface area contributed by atoms with Crippen molar-refractivity contribution in [3.8, 4) is 0 Å². The topological polar surface area (TPSA) is 72.3 Å². The van der Waals surface area contributed by atoms with Gasteiger partial charge in [0.05, 0.1) is 6.20 Å². The zero-order valence-corrected chi connectivity index (χ0v) is 12.9. The summed E-state index contributed by atoms with van der Waals surface area (Å²) in [7, 11) is 0. The van der Waals surface area contributed by atoms with Gasteiger partial charge in [-0.3, -0.25) is 0 Å². The Labute approximate surface area is 131 Å². The number of aliphatic hydroxyl groups is 1. The van der Waals surface area contributed by atoms with Crippen LogP contribution in [0.15, 0.2) is 40.9 Å². The number of nitrogens with zero attached hydrogens (tertiary/aromatic N) is 1. The molecule has 118 valence electrons. The molecule has 1 aliphatic rings. The van der Waals surface area contributed by atoms with E-state index in [1.54, 1.807) is 6.20 Å². The van der Waals surface area contributed by atoms with E-state index < -0.39 is 5.60 Å². The van der Waals surface area contributed by atoms with Crippen LogP contribution >= 0.6 is 0 Å². The number of oxazole rings is 1. The highest BCUT2D eigenvalue weighted by Gasteiger charge is 2.44. The average molecular weight is 300 g/mol. The molecule has 1 aromatic heterocycles. The second-order valence-corrected chi connectivity index (χ2v) is 6.14. The largest absolute Gasteiger partial charge is 0.442 e. The van der Waals surface area contributed by atoms with Gasteiger partial charge in [-0.1, -0.05) is 49.6 Å². The summed E-state index contributed by atoms with van der Waals surface area (Å²) in [6, 6.07) is 9.78. The predicted octanol–water partition coefficient (Wildman–Crippen LogP) is 2.99. The van der Waals surface area contributed by atoms with Gasteiger partial charge in [-0.2, -0.15) is 0 Å². The third kappa shape index (κ3) is 2.81. The van der Waals surface area contributed by atoms with Crippen molar-refractivity contribution in [2.24, 2.45) is 11.7 Å². The first-order chi connectivity index (χ1) is 10.7. The van der Waals surface area contributed by atoms with Crippen molar-refractivity contribution in [1.82, 2.24) is 4.98 Å². The van der Waals surface area contributed by atoms with Gasteiger partial charge >= 0.3 is 0 Å². The number of benzene rings is 1. The standard InChI is InChI=1S/C18H24N2O2/c19-12-11-16-13-20-17(22-16)18(21,14-7-3-1-4-8-14)15-9-5-2-6-10-15/h1,3-4,7-8,13,15,21H,2,5-6,9-12,19H2. The molecule has 0 amide bonds. The molecule has 1 heterocycles. The van der Waals surface area contributed by atoms with E-state index in [1.807, 2.05) is 30.3 Å². The van der Waals surface area contributed by atoms with Crippen LogP contribution in [0.3, 0.4) is 0 Å². The molecule has 1 aromatic carbocycles. The van der Waals surface area contributed by atoms with Crippen LogP contribution in [-0.2, 0) is 12.0 Å². The molecule has 0 bridgehead atoms. The fourth-order valence-corrected chi connectivity index (χ4v) is 3.49. The van der Waals surface area contributed by atoms with Gasteiger partial charge in [-0.05, 0) is 24.9 Å². The molecule has 0 spiro atoms. The lowest BCUT2D eigenvalue weighted by Gasteiger charge is -2.36. The molecule has 1 unspecified atom stereocenters. The lowest BCUT2D eigenvalue weighted by Crippen LogP contribution is -2.38. The van der Waals surface area contributed by atoms with Gasteiger partial charge in [0, 0.05) is 12.3 Å². The highest BCUT2D eigenvalue weighted by Crippen LogP contribution is 2.43. The molecule has 1 aliphatic carbocycles. The van der Waals surface area contributed by atoms with E-state index in [0.717, 1.165) is 37.0 Å². The number of nitrogens with two attached hydrogens (primary N) is 1. The van der Waals surface area contributed by atoms with E-state index in [4.69, 9.17) is 10.2 Å². The van der Waals surface area contributed by atoms with E-state index in [0.29, 0.717) is 18.9 Å². The Balaban J connectivity index is 2.01. The van der Waals surface area contributed by atoms with Gasteiger partial charge in [0.15, 0.2) is 5.60 Å². The highest BCUT2D eigenvalue weighted by atomic mass is 16.4. The third-order valence-corrected chi connectivity index (χ3v) is 4.68. The minimum Gasteiger partial charge on any atom is -0.442 e. The fourth-order valence-electron chi connectivity index (χ4n) is 3.49. The summed E-state index contributed by atoms with van der Waals surface area (Å²) < 4.78 is 5.86. The van der Waals surface area contributed by atoms with Crippen LogP contribution < -0.4 is 5.73 Å². The van der Waals surface area contributed by atoms with Gasteiger partial charge < -0.3 is 15.3 Å². The summed E-state index contributed by atoms with van der Waals surface area (Å²) in [4.78, 5) is 4.39. The molecule has 4 nitrogen and oxygen atoms in total. The van der Waals surface area contributed by atoms with Gasteiger partial charge in [0.2, 0.25) is 5.89 Å². The number of rotatable bonds is 5. The van der Waals surface area contributed by atoms with E-state index in [2.05, 4.69) is 4.98 Å². The first-order valence-corrected chi connectivity index (χ1v) is 8.18. The van der Waals surface area contributed by atoms with Gasteiger partial charge in [0.25, 0.3) is 0 Å². The summed E-state index contributed by atoms with van der Waals surface area (Å²) in [6.07, 6.45) is 7.87. The van der Waals surface area contributed by atoms with Crippen LogP contribution in [0.2, 0.25) is 0 Å². The molecule has 1 atom stereocenters. The van der Waals surface area contributed by atoms with Crippen molar-refractivity contribution < 1.29 is 9.52 Å². The summed E-state index contributed by atoms with van der Waals surface area (Å²) in [5, 5.41) is 11.6. The van der Waals surface area contributed by atoms with E-state index >= 15 is 0 Å². The summed E-state index contributed by atoms with van der Waals surface area (Å²) in [6.45, 7) is 0.516. The first kappa shape index (κ1) is 15.3. The van der Waals surface area contributed by atoms with E-state index in [1.165, 1.54) is 6.42 Å². The van der Waals surface area contributed by atoms with Crippen molar-refractivity contribution in [2.75, 3.05) is 6.54 Å². The molecule has 0 aliphatic heterocycles. The lowest BCUT2D eigenvalue weighted by atomic mass is 9.73. The van der Waals surface area contributed by atoms with Crippen LogP contribution in [0.4, 0.5) is 0 Å². The Bertz CT molecular complexity index is 590. The smallest absolute Gasteiger partial charge is 0.231 e. The van der Waals surface area contributed by atoms with Gasteiger partial charge in [-0.25, -0.2) is 4.98 Å². The molecular weight excluding hydrogens is 276 g/mol. The first-order valence-electron chi connectivity index (χ1n) is 8.18.